The minimum absolute atomic E-state index is 0.331. The molecule has 2 aromatic rings. The number of carbonyl (C=O) groups is 1. The van der Waals surface area contributed by atoms with Crippen LogP contribution in [0.25, 0.3) is 0 Å². The minimum atomic E-state index is -0.362. The Labute approximate surface area is 153 Å². The van der Waals surface area contributed by atoms with Gasteiger partial charge in [0.05, 0.1) is 18.7 Å². The molecule has 1 heterocycles. The van der Waals surface area contributed by atoms with Crippen molar-refractivity contribution in [1.82, 2.24) is 5.32 Å². The first-order valence-electron chi connectivity index (χ1n) is 8.04. The maximum absolute atomic E-state index is 12.5. The molecular formula is C20H20N2O2S. The number of allylic oxidation sites excluding steroid dienone is 1. The van der Waals surface area contributed by atoms with Gasteiger partial charge in [0.25, 0.3) is 0 Å². The van der Waals surface area contributed by atoms with Gasteiger partial charge in [-0.2, -0.15) is 0 Å². The smallest absolute Gasteiger partial charge is 0.337 e. The van der Waals surface area contributed by atoms with Gasteiger partial charge in [0.15, 0.2) is 5.11 Å². The van der Waals surface area contributed by atoms with Gasteiger partial charge in [0, 0.05) is 11.4 Å². The molecule has 0 spiro atoms. The molecule has 3 rings (SSSR count). The molecule has 128 valence electrons. The van der Waals surface area contributed by atoms with Crippen molar-refractivity contribution in [2.24, 2.45) is 0 Å². The Morgan fingerprint density at radius 3 is 2.48 bits per heavy atom. The molecule has 1 unspecified atom stereocenters. The second-order valence-electron chi connectivity index (χ2n) is 5.96. The van der Waals surface area contributed by atoms with Crippen LogP contribution in [-0.2, 0) is 9.53 Å². The zero-order valence-corrected chi connectivity index (χ0v) is 15.3. The van der Waals surface area contributed by atoms with Gasteiger partial charge in [-0.1, -0.05) is 42.5 Å². The normalized spacial score (nSPS) is 17.3. The van der Waals surface area contributed by atoms with E-state index >= 15 is 0 Å². The van der Waals surface area contributed by atoms with E-state index in [4.69, 9.17) is 17.0 Å². The second-order valence-corrected chi connectivity index (χ2v) is 6.34. The number of benzene rings is 2. The molecule has 1 atom stereocenters. The number of thiocarbonyl (C=S) groups is 1. The molecule has 2 aromatic carbocycles. The maximum atomic E-state index is 12.5. The molecule has 25 heavy (non-hydrogen) atoms. The molecule has 1 aliphatic rings. The topological polar surface area (TPSA) is 41.6 Å². The number of anilines is 1. The second kappa shape index (κ2) is 7.07. The van der Waals surface area contributed by atoms with Crippen LogP contribution >= 0.6 is 12.2 Å². The number of hydrogen-bond donors (Lipinski definition) is 1. The first-order valence-corrected chi connectivity index (χ1v) is 8.45. The number of aryl methyl sites for hydroxylation is 1. The Kier molecular flexibility index (Phi) is 4.86. The summed E-state index contributed by atoms with van der Waals surface area (Å²) in [5.41, 5.74) is 4.34. The lowest BCUT2D eigenvalue weighted by molar-refractivity contribution is -0.136. The average molecular weight is 352 g/mol. The van der Waals surface area contributed by atoms with E-state index in [0.717, 1.165) is 22.5 Å². The standard InChI is InChI=1S/C20H20N2O2S/c1-13-8-7-11-16(12-13)22-14(2)17(19(23)24-3)18(21-20(22)25)15-9-5-4-6-10-15/h4-12,18H,1-3H3,(H,21,25). The van der Waals surface area contributed by atoms with Crippen molar-refractivity contribution < 1.29 is 9.53 Å². The van der Waals surface area contributed by atoms with Crippen LogP contribution in [0, 0.1) is 6.92 Å². The van der Waals surface area contributed by atoms with Crippen molar-refractivity contribution in [1.29, 1.82) is 0 Å². The molecule has 0 aliphatic carbocycles. The van der Waals surface area contributed by atoms with Gasteiger partial charge in [0.1, 0.15) is 0 Å². The first-order chi connectivity index (χ1) is 12.0. The molecule has 4 nitrogen and oxygen atoms in total. The van der Waals surface area contributed by atoms with Crippen LogP contribution in [-0.4, -0.2) is 18.2 Å². The highest BCUT2D eigenvalue weighted by Crippen LogP contribution is 2.34. The van der Waals surface area contributed by atoms with Gasteiger partial charge in [-0.3, -0.25) is 4.90 Å². The summed E-state index contributed by atoms with van der Waals surface area (Å²) in [7, 11) is 1.40. The van der Waals surface area contributed by atoms with Crippen LogP contribution < -0.4 is 10.2 Å². The molecule has 0 saturated carbocycles. The van der Waals surface area contributed by atoms with E-state index in [2.05, 4.69) is 5.32 Å². The molecule has 0 saturated heterocycles. The Balaban J connectivity index is 2.14. The number of carbonyl (C=O) groups excluding carboxylic acids is 1. The number of hydrogen-bond acceptors (Lipinski definition) is 3. The van der Waals surface area contributed by atoms with Crippen LogP contribution in [0.1, 0.15) is 24.1 Å². The lowest BCUT2D eigenvalue weighted by Crippen LogP contribution is -2.48. The highest BCUT2D eigenvalue weighted by molar-refractivity contribution is 7.80. The molecule has 0 aromatic heterocycles. The molecule has 0 bridgehead atoms. The third kappa shape index (κ3) is 3.28. The molecular weight excluding hydrogens is 332 g/mol. The predicted octanol–water partition coefficient (Wildman–Crippen LogP) is 3.88. The van der Waals surface area contributed by atoms with E-state index < -0.39 is 0 Å². The van der Waals surface area contributed by atoms with E-state index in [1.807, 2.05) is 73.3 Å². The molecule has 1 N–H and O–H groups in total. The van der Waals surface area contributed by atoms with Crippen LogP contribution in [0.5, 0.6) is 0 Å². The Hall–Kier alpha value is -2.66. The van der Waals surface area contributed by atoms with Crippen LogP contribution in [0.15, 0.2) is 65.9 Å². The monoisotopic (exact) mass is 352 g/mol. The Bertz CT molecular complexity index is 846. The molecule has 0 radical (unpaired) electrons. The van der Waals surface area contributed by atoms with Gasteiger partial charge in [0.2, 0.25) is 0 Å². The van der Waals surface area contributed by atoms with E-state index in [1.165, 1.54) is 7.11 Å². The van der Waals surface area contributed by atoms with Gasteiger partial charge >= 0.3 is 5.97 Å². The number of nitrogens with zero attached hydrogens (tertiary/aromatic N) is 1. The third-order valence-electron chi connectivity index (χ3n) is 4.28. The quantitative estimate of drug-likeness (QED) is 0.671. The van der Waals surface area contributed by atoms with Gasteiger partial charge < -0.3 is 10.1 Å². The highest BCUT2D eigenvalue weighted by atomic mass is 32.1. The number of nitrogens with one attached hydrogen (secondary N) is 1. The summed E-state index contributed by atoms with van der Waals surface area (Å²) < 4.78 is 5.05. The van der Waals surface area contributed by atoms with E-state index in [-0.39, 0.29) is 12.0 Å². The summed E-state index contributed by atoms with van der Waals surface area (Å²) in [6.07, 6.45) is 0. The van der Waals surface area contributed by atoms with E-state index in [1.54, 1.807) is 0 Å². The highest BCUT2D eigenvalue weighted by Gasteiger charge is 2.35. The Morgan fingerprint density at radius 2 is 1.84 bits per heavy atom. The van der Waals surface area contributed by atoms with E-state index in [9.17, 15) is 4.79 Å². The van der Waals surface area contributed by atoms with Crippen LogP contribution in [0.2, 0.25) is 0 Å². The third-order valence-corrected chi connectivity index (χ3v) is 4.58. The summed E-state index contributed by atoms with van der Waals surface area (Å²) in [5, 5.41) is 3.85. The fraction of sp³-hybridized carbons (Fsp3) is 0.200. The molecule has 0 amide bonds. The zero-order valence-electron chi connectivity index (χ0n) is 14.4. The van der Waals surface area contributed by atoms with Gasteiger partial charge in [-0.25, -0.2) is 4.79 Å². The summed E-state index contributed by atoms with van der Waals surface area (Å²) >= 11 is 5.61. The summed E-state index contributed by atoms with van der Waals surface area (Å²) in [4.78, 5) is 14.4. The Morgan fingerprint density at radius 1 is 1.12 bits per heavy atom. The van der Waals surface area contributed by atoms with Crippen LogP contribution in [0.3, 0.4) is 0 Å². The maximum Gasteiger partial charge on any atom is 0.337 e. The van der Waals surface area contributed by atoms with Crippen molar-refractivity contribution >= 4 is 29.0 Å². The predicted molar refractivity (Wildman–Crippen MR) is 103 cm³/mol. The molecule has 1 aliphatic heterocycles. The fourth-order valence-corrected chi connectivity index (χ4v) is 3.45. The number of methoxy groups -OCH3 is 1. The van der Waals surface area contributed by atoms with Crippen molar-refractivity contribution in [3.63, 3.8) is 0 Å². The molecule has 5 heteroatoms. The number of rotatable bonds is 3. The van der Waals surface area contributed by atoms with Gasteiger partial charge in [-0.15, -0.1) is 0 Å². The largest absolute Gasteiger partial charge is 0.466 e. The minimum Gasteiger partial charge on any atom is -0.466 e. The average Bonchev–Trinajstić information content (AvgIpc) is 2.61. The first kappa shape index (κ1) is 17.2. The summed E-state index contributed by atoms with van der Waals surface area (Å²) in [6, 6.07) is 17.4. The van der Waals surface area contributed by atoms with Crippen molar-refractivity contribution in [2.75, 3.05) is 12.0 Å². The van der Waals surface area contributed by atoms with E-state index in [0.29, 0.717) is 10.7 Å². The summed E-state index contributed by atoms with van der Waals surface area (Å²) in [5.74, 6) is -0.362. The van der Waals surface area contributed by atoms with Crippen LogP contribution in [0.4, 0.5) is 5.69 Å². The van der Waals surface area contributed by atoms with Crippen molar-refractivity contribution in [3.8, 4) is 0 Å². The number of esters is 1. The fourth-order valence-electron chi connectivity index (χ4n) is 3.09. The number of ether oxygens (including phenoxy) is 1. The SMILES string of the molecule is COC(=O)C1=C(C)N(c2cccc(C)c2)C(=S)NC1c1ccccc1. The molecule has 0 fully saturated rings. The lowest BCUT2D eigenvalue weighted by atomic mass is 9.95. The van der Waals surface area contributed by atoms with Gasteiger partial charge in [-0.05, 0) is 49.3 Å². The zero-order chi connectivity index (χ0) is 18.0. The van der Waals surface area contributed by atoms with Crippen molar-refractivity contribution in [2.45, 2.75) is 19.9 Å². The van der Waals surface area contributed by atoms with Crippen molar-refractivity contribution in [3.05, 3.63) is 77.0 Å². The summed E-state index contributed by atoms with van der Waals surface area (Å²) in [6.45, 7) is 3.93. The lowest BCUT2D eigenvalue weighted by Gasteiger charge is -2.37.